The Kier molecular flexibility index (Phi) is 6.87. The molecule has 2 N–H and O–H groups in total. The van der Waals surface area contributed by atoms with Crippen molar-refractivity contribution in [2.24, 2.45) is 0 Å². The molecule has 0 aromatic heterocycles. The van der Waals surface area contributed by atoms with Crippen LogP contribution in [0.5, 0.6) is 0 Å². The van der Waals surface area contributed by atoms with E-state index in [2.05, 4.69) is 10.6 Å². The number of likely N-dealkylation sites (N-methyl/N-ethyl adjacent to an activating group) is 1. The van der Waals surface area contributed by atoms with Crippen LogP contribution in [0.15, 0.2) is 48.5 Å². The van der Waals surface area contributed by atoms with Gasteiger partial charge in [0.25, 0.3) is 5.91 Å². The summed E-state index contributed by atoms with van der Waals surface area (Å²) in [7, 11) is 1.48. The molecule has 0 atom stereocenters. The number of carbonyl (C=O) groups excluding carboxylic acids is 3. The van der Waals surface area contributed by atoms with Crippen LogP contribution in [0.1, 0.15) is 17.3 Å². The minimum atomic E-state index is -0.617. The predicted octanol–water partition coefficient (Wildman–Crippen LogP) is 3.10. The SMILES string of the molecule is CCOC(=O)Nc1cccc(C(=O)N(C)CC(=O)Nc2ccc(F)cc2)c1. The molecule has 8 heteroatoms. The van der Waals surface area contributed by atoms with Crippen molar-refractivity contribution in [3.63, 3.8) is 0 Å². The van der Waals surface area contributed by atoms with Crippen molar-refractivity contribution in [2.75, 3.05) is 30.8 Å². The number of amides is 3. The molecular weight excluding hydrogens is 353 g/mol. The lowest BCUT2D eigenvalue weighted by molar-refractivity contribution is -0.116. The maximum atomic E-state index is 12.9. The van der Waals surface area contributed by atoms with Gasteiger partial charge in [0.2, 0.25) is 5.91 Å². The van der Waals surface area contributed by atoms with Crippen molar-refractivity contribution in [3.05, 3.63) is 59.9 Å². The Morgan fingerprint density at radius 2 is 1.74 bits per heavy atom. The van der Waals surface area contributed by atoms with Gasteiger partial charge in [-0.25, -0.2) is 9.18 Å². The Bertz CT molecular complexity index is 824. The van der Waals surface area contributed by atoms with Gasteiger partial charge in [0.1, 0.15) is 5.82 Å². The zero-order valence-corrected chi connectivity index (χ0v) is 15.0. The topological polar surface area (TPSA) is 87.7 Å². The fraction of sp³-hybridized carbons (Fsp3) is 0.211. The minimum Gasteiger partial charge on any atom is -0.450 e. The van der Waals surface area contributed by atoms with Gasteiger partial charge in [0.05, 0.1) is 13.2 Å². The second-order valence-corrected chi connectivity index (χ2v) is 5.64. The first kappa shape index (κ1) is 19.9. The van der Waals surface area contributed by atoms with Gasteiger partial charge in [-0.2, -0.15) is 0 Å². The maximum Gasteiger partial charge on any atom is 0.411 e. The van der Waals surface area contributed by atoms with Crippen LogP contribution >= 0.6 is 0 Å². The molecule has 0 bridgehead atoms. The molecule has 0 saturated carbocycles. The van der Waals surface area contributed by atoms with Crippen molar-refractivity contribution in [2.45, 2.75) is 6.92 Å². The molecule has 142 valence electrons. The number of rotatable bonds is 6. The van der Waals surface area contributed by atoms with Crippen LogP contribution in [-0.2, 0) is 9.53 Å². The van der Waals surface area contributed by atoms with Gasteiger partial charge in [-0.05, 0) is 49.4 Å². The molecule has 0 radical (unpaired) electrons. The maximum absolute atomic E-state index is 12.9. The van der Waals surface area contributed by atoms with Crippen molar-refractivity contribution < 1.29 is 23.5 Å². The van der Waals surface area contributed by atoms with Gasteiger partial charge >= 0.3 is 6.09 Å². The van der Waals surface area contributed by atoms with Gasteiger partial charge in [-0.3, -0.25) is 14.9 Å². The fourth-order valence-corrected chi connectivity index (χ4v) is 2.26. The third-order valence-corrected chi connectivity index (χ3v) is 3.49. The molecule has 0 saturated heterocycles. The molecule has 3 amide bonds. The Morgan fingerprint density at radius 3 is 2.41 bits per heavy atom. The van der Waals surface area contributed by atoms with Crippen molar-refractivity contribution in [1.82, 2.24) is 4.90 Å². The fourth-order valence-electron chi connectivity index (χ4n) is 2.26. The lowest BCUT2D eigenvalue weighted by Crippen LogP contribution is -2.35. The smallest absolute Gasteiger partial charge is 0.411 e. The summed E-state index contributed by atoms with van der Waals surface area (Å²) in [5, 5.41) is 5.10. The lowest BCUT2D eigenvalue weighted by Gasteiger charge is -2.17. The Labute approximate surface area is 156 Å². The molecule has 27 heavy (non-hydrogen) atoms. The van der Waals surface area contributed by atoms with E-state index in [1.807, 2.05) is 0 Å². The van der Waals surface area contributed by atoms with Gasteiger partial charge in [0.15, 0.2) is 0 Å². The highest BCUT2D eigenvalue weighted by Crippen LogP contribution is 2.13. The summed E-state index contributed by atoms with van der Waals surface area (Å²) in [5.41, 5.74) is 1.15. The summed E-state index contributed by atoms with van der Waals surface area (Å²) >= 11 is 0. The van der Waals surface area contributed by atoms with Crippen molar-refractivity contribution >= 4 is 29.3 Å². The summed E-state index contributed by atoms with van der Waals surface area (Å²) < 4.78 is 17.7. The van der Waals surface area contributed by atoms with E-state index < -0.39 is 23.7 Å². The number of halogens is 1. The number of benzene rings is 2. The monoisotopic (exact) mass is 373 g/mol. The molecule has 0 spiro atoms. The van der Waals surface area contributed by atoms with Crippen LogP contribution in [0.25, 0.3) is 0 Å². The summed E-state index contributed by atoms with van der Waals surface area (Å²) in [4.78, 5) is 37.2. The van der Waals surface area contributed by atoms with Gasteiger partial charge < -0.3 is 15.0 Å². The highest BCUT2D eigenvalue weighted by atomic mass is 19.1. The molecular formula is C19H20FN3O4. The molecule has 2 rings (SSSR count). The highest BCUT2D eigenvalue weighted by Gasteiger charge is 2.16. The molecule has 7 nitrogen and oxygen atoms in total. The second kappa shape index (κ2) is 9.33. The third kappa shape index (κ3) is 6.10. The molecule has 0 fully saturated rings. The van der Waals surface area contributed by atoms with E-state index >= 15 is 0 Å². The summed E-state index contributed by atoms with van der Waals surface area (Å²) in [6.07, 6.45) is -0.617. The standard InChI is InChI=1S/C19H20FN3O4/c1-3-27-19(26)22-16-6-4-5-13(11-16)18(25)23(2)12-17(24)21-15-9-7-14(20)8-10-15/h4-11H,3,12H2,1-2H3,(H,21,24)(H,22,26). The Hall–Kier alpha value is -3.42. The number of carbonyl (C=O) groups is 3. The predicted molar refractivity (Wildman–Crippen MR) is 99.1 cm³/mol. The number of nitrogens with zero attached hydrogens (tertiary/aromatic N) is 1. The lowest BCUT2D eigenvalue weighted by atomic mass is 10.1. The minimum absolute atomic E-state index is 0.189. The van der Waals surface area contributed by atoms with Gasteiger partial charge in [0, 0.05) is 24.0 Å². The second-order valence-electron chi connectivity index (χ2n) is 5.64. The van der Waals surface area contributed by atoms with E-state index in [4.69, 9.17) is 4.74 Å². The number of ether oxygens (including phenoxy) is 1. The van der Waals surface area contributed by atoms with Crippen LogP contribution in [0.4, 0.5) is 20.6 Å². The molecule has 2 aromatic carbocycles. The van der Waals surface area contributed by atoms with E-state index in [9.17, 15) is 18.8 Å². The van der Waals surface area contributed by atoms with E-state index in [0.717, 1.165) is 0 Å². The van der Waals surface area contributed by atoms with E-state index in [-0.39, 0.29) is 13.2 Å². The number of nitrogens with one attached hydrogen (secondary N) is 2. The first-order valence-electron chi connectivity index (χ1n) is 8.23. The van der Waals surface area contributed by atoms with Crippen molar-refractivity contribution in [1.29, 1.82) is 0 Å². The Balaban J connectivity index is 1.96. The number of hydrogen-bond acceptors (Lipinski definition) is 4. The zero-order valence-electron chi connectivity index (χ0n) is 15.0. The largest absolute Gasteiger partial charge is 0.450 e. The quantitative estimate of drug-likeness (QED) is 0.814. The normalized spacial score (nSPS) is 10.0. The Morgan fingerprint density at radius 1 is 1.04 bits per heavy atom. The van der Waals surface area contributed by atoms with Crippen molar-refractivity contribution in [3.8, 4) is 0 Å². The average Bonchev–Trinajstić information content (AvgIpc) is 2.63. The highest BCUT2D eigenvalue weighted by molar-refractivity contribution is 6.00. The molecule has 2 aromatic rings. The first-order valence-corrected chi connectivity index (χ1v) is 8.23. The summed E-state index contributed by atoms with van der Waals surface area (Å²) in [5.74, 6) is -1.22. The first-order chi connectivity index (χ1) is 12.9. The molecule has 0 aliphatic heterocycles. The number of hydrogen-bond donors (Lipinski definition) is 2. The van der Waals surface area contributed by atoms with Crippen LogP contribution < -0.4 is 10.6 Å². The zero-order chi connectivity index (χ0) is 19.8. The summed E-state index contributed by atoms with van der Waals surface area (Å²) in [6, 6.07) is 11.6. The van der Waals surface area contributed by atoms with E-state index in [1.165, 1.54) is 42.3 Å². The van der Waals surface area contributed by atoms with Crippen LogP contribution in [-0.4, -0.2) is 43.0 Å². The third-order valence-electron chi connectivity index (χ3n) is 3.49. The summed E-state index contributed by atoms with van der Waals surface area (Å²) in [6.45, 7) is 1.73. The van der Waals surface area contributed by atoms with Crippen LogP contribution in [0, 0.1) is 5.82 Å². The van der Waals surface area contributed by atoms with E-state index in [0.29, 0.717) is 16.9 Å². The molecule has 0 aliphatic carbocycles. The molecule has 0 heterocycles. The average molecular weight is 373 g/mol. The van der Waals surface area contributed by atoms with Gasteiger partial charge in [-0.1, -0.05) is 6.07 Å². The van der Waals surface area contributed by atoms with Gasteiger partial charge in [-0.15, -0.1) is 0 Å². The van der Waals surface area contributed by atoms with Crippen LogP contribution in [0.2, 0.25) is 0 Å². The molecule has 0 unspecified atom stereocenters. The molecule has 0 aliphatic rings. The number of anilines is 2. The van der Waals surface area contributed by atoms with Crippen LogP contribution in [0.3, 0.4) is 0 Å². The van der Waals surface area contributed by atoms with E-state index in [1.54, 1.807) is 25.1 Å².